The van der Waals surface area contributed by atoms with Crippen molar-refractivity contribution >= 4 is 0 Å². The molecule has 4 rings (SSSR count). The largest absolute Gasteiger partial charge is 0.497 e. The van der Waals surface area contributed by atoms with Gasteiger partial charge >= 0.3 is 0 Å². The lowest BCUT2D eigenvalue weighted by Crippen LogP contribution is -1.95. The molecule has 0 N–H and O–H groups in total. The molecular formula is C32H34O4. The lowest BCUT2D eigenvalue weighted by atomic mass is 9.98. The van der Waals surface area contributed by atoms with E-state index in [9.17, 15) is 0 Å². The maximum atomic E-state index is 5.39. The van der Waals surface area contributed by atoms with Crippen molar-refractivity contribution < 1.29 is 18.9 Å². The standard InChI is InChI=1S/C32H34O4/c1-33-29-17-25(18-30(21-29)34-2)7-5-23-9-13-27(14-10-23)28-15-11-24(12-16-28)6-8-26-19-31(35-3)22-32(20-26)36-4/h9-22H,5-8H2,1-4H3. The van der Waals surface area contributed by atoms with E-state index in [1.807, 2.05) is 12.1 Å². The third kappa shape index (κ3) is 6.60. The first-order valence-corrected chi connectivity index (χ1v) is 12.2. The molecule has 0 aliphatic rings. The fourth-order valence-electron chi connectivity index (χ4n) is 4.33. The molecule has 0 saturated heterocycles. The van der Waals surface area contributed by atoms with Gasteiger partial charge in [0.25, 0.3) is 0 Å². The second-order valence-corrected chi connectivity index (χ2v) is 8.84. The minimum Gasteiger partial charge on any atom is -0.497 e. The van der Waals surface area contributed by atoms with Crippen LogP contribution in [0.15, 0.2) is 84.9 Å². The van der Waals surface area contributed by atoms with Gasteiger partial charge in [-0.3, -0.25) is 0 Å². The second kappa shape index (κ2) is 12.2. The molecule has 0 heterocycles. The summed E-state index contributed by atoms with van der Waals surface area (Å²) in [6.45, 7) is 0. The Morgan fingerprint density at radius 2 is 0.639 bits per heavy atom. The fourth-order valence-corrected chi connectivity index (χ4v) is 4.33. The topological polar surface area (TPSA) is 36.9 Å². The quantitative estimate of drug-likeness (QED) is 0.232. The smallest absolute Gasteiger partial charge is 0.122 e. The van der Waals surface area contributed by atoms with Gasteiger partial charge in [0.2, 0.25) is 0 Å². The van der Waals surface area contributed by atoms with Crippen molar-refractivity contribution in [3.63, 3.8) is 0 Å². The lowest BCUT2D eigenvalue weighted by molar-refractivity contribution is 0.393. The van der Waals surface area contributed by atoms with Gasteiger partial charge in [-0.25, -0.2) is 0 Å². The summed E-state index contributed by atoms with van der Waals surface area (Å²) in [5.74, 6) is 3.30. The van der Waals surface area contributed by atoms with Crippen molar-refractivity contribution in [1.29, 1.82) is 0 Å². The van der Waals surface area contributed by atoms with Crippen LogP contribution < -0.4 is 18.9 Å². The van der Waals surface area contributed by atoms with Crippen LogP contribution in [0.5, 0.6) is 23.0 Å². The summed E-state index contributed by atoms with van der Waals surface area (Å²) in [6, 6.07) is 29.8. The molecular weight excluding hydrogens is 448 g/mol. The van der Waals surface area contributed by atoms with E-state index in [0.717, 1.165) is 48.7 Å². The maximum Gasteiger partial charge on any atom is 0.122 e. The molecule has 186 valence electrons. The summed E-state index contributed by atoms with van der Waals surface area (Å²) in [6.07, 6.45) is 3.79. The Morgan fingerprint density at radius 1 is 0.361 bits per heavy atom. The summed E-state index contributed by atoms with van der Waals surface area (Å²) in [5.41, 5.74) is 7.49. The van der Waals surface area contributed by atoms with E-state index in [1.165, 1.54) is 33.4 Å². The van der Waals surface area contributed by atoms with Crippen molar-refractivity contribution in [3.8, 4) is 34.1 Å². The van der Waals surface area contributed by atoms with Crippen LogP contribution in [-0.4, -0.2) is 28.4 Å². The Bertz CT molecular complexity index is 1120. The predicted molar refractivity (Wildman–Crippen MR) is 146 cm³/mol. The van der Waals surface area contributed by atoms with Crippen LogP contribution in [0, 0.1) is 0 Å². The van der Waals surface area contributed by atoms with Gasteiger partial charge in [0.05, 0.1) is 28.4 Å². The van der Waals surface area contributed by atoms with E-state index in [0.29, 0.717) is 0 Å². The Labute approximate surface area is 214 Å². The number of hydrogen-bond acceptors (Lipinski definition) is 4. The predicted octanol–water partition coefficient (Wildman–Crippen LogP) is 6.96. The van der Waals surface area contributed by atoms with Gasteiger partial charge in [-0.15, -0.1) is 0 Å². The summed E-state index contributed by atoms with van der Waals surface area (Å²) in [7, 11) is 6.73. The monoisotopic (exact) mass is 482 g/mol. The van der Waals surface area contributed by atoms with Crippen LogP contribution in [0.1, 0.15) is 22.3 Å². The van der Waals surface area contributed by atoms with Crippen molar-refractivity contribution in [2.45, 2.75) is 25.7 Å². The number of hydrogen-bond donors (Lipinski definition) is 0. The van der Waals surface area contributed by atoms with Gasteiger partial charge in [0.15, 0.2) is 0 Å². The van der Waals surface area contributed by atoms with Crippen molar-refractivity contribution in [3.05, 3.63) is 107 Å². The third-order valence-corrected chi connectivity index (χ3v) is 6.47. The van der Waals surface area contributed by atoms with E-state index in [-0.39, 0.29) is 0 Å². The number of aryl methyl sites for hydroxylation is 4. The van der Waals surface area contributed by atoms with E-state index >= 15 is 0 Å². The van der Waals surface area contributed by atoms with Crippen LogP contribution in [0.3, 0.4) is 0 Å². The summed E-state index contributed by atoms with van der Waals surface area (Å²) >= 11 is 0. The van der Waals surface area contributed by atoms with E-state index in [4.69, 9.17) is 18.9 Å². The van der Waals surface area contributed by atoms with E-state index < -0.39 is 0 Å². The van der Waals surface area contributed by atoms with Crippen LogP contribution in [0.4, 0.5) is 0 Å². The van der Waals surface area contributed by atoms with E-state index in [2.05, 4.69) is 72.8 Å². The van der Waals surface area contributed by atoms with Crippen molar-refractivity contribution in [2.75, 3.05) is 28.4 Å². The molecule has 36 heavy (non-hydrogen) atoms. The fraction of sp³-hybridized carbons (Fsp3) is 0.250. The van der Waals surface area contributed by atoms with Crippen LogP contribution in [-0.2, 0) is 25.7 Å². The molecule has 0 fully saturated rings. The van der Waals surface area contributed by atoms with Gasteiger partial charge in [0, 0.05) is 12.1 Å². The molecule has 0 atom stereocenters. The van der Waals surface area contributed by atoms with Gasteiger partial charge < -0.3 is 18.9 Å². The lowest BCUT2D eigenvalue weighted by Gasteiger charge is -2.10. The minimum atomic E-state index is 0.825. The molecule has 0 spiro atoms. The highest BCUT2D eigenvalue weighted by molar-refractivity contribution is 5.64. The number of benzene rings is 4. The SMILES string of the molecule is COc1cc(CCc2ccc(-c3ccc(CCc4cc(OC)cc(OC)c4)cc3)cc2)cc(OC)c1. The summed E-state index contributed by atoms with van der Waals surface area (Å²) in [5, 5.41) is 0. The first-order chi connectivity index (χ1) is 17.6. The number of methoxy groups -OCH3 is 4. The zero-order valence-corrected chi connectivity index (χ0v) is 21.5. The second-order valence-electron chi connectivity index (χ2n) is 8.84. The molecule has 0 aromatic heterocycles. The summed E-state index contributed by atoms with van der Waals surface area (Å²) in [4.78, 5) is 0. The molecule has 4 heteroatoms. The number of rotatable bonds is 11. The Hall–Kier alpha value is -3.92. The first-order valence-electron chi connectivity index (χ1n) is 12.2. The number of ether oxygens (including phenoxy) is 4. The Kier molecular flexibility index (Phi) is 8.51. The van der Waals surface area contributed by atoms with Gasteiger partial charge in [-0.05, 0) is 83.3 Å². The van der Waals surface area contributed by atoms with Gasteiger partial charge in [-0.2, -0.15) is 0 Å². The molecule has 0 aliphatic carbocycles. The van der Waals surface area contributed by atoms with Gasteiger partial charge in [0.1, 0.15) is 23.0 Å². The zero-order valence-electron chi connectivity index (χ0n) is 21.5. The zero-order chi connectivity index (χ0) is 25.3. The minimum absolute atomic E-state index is 0.825. The molecule has 4 nitrogen and oxygen atoms in total. The third-order valence-electron chi connectivity index (χ3n) is 6.47. The average Bonchev–Trinajstić information content (AvgIpc) is 2.95. The highest BCUT2D eigenvalue weighted by Crippen LogP contribution is 2.26. The van der Waals surface area contributed by atoms with Gasteiger partial charge in [-0.1, -0.05) is 48.5 Å². The molecule has 0 bridgehead atoms. The Morgan fingerprint density at radius 3 is 0.917 bits per heavy atom. The van der Waals surface area contributed by atoms with Crippen LogP contribution in [0.25, 0.3) is 11.1 Å². The highest BCUT2D eigenvalue weighted by atomic mass is 16.5. The molecule has 0 radical (unpaired) electrons. The molecule has 4 aromatic rings. The van der Waals surface area contributed by atoms with Crippen LogP contribution in [0.2, 0.25) is 0 Å². The molecule has 0 amide bonds. The molecule has 4 aromatic carbocycles. The normalized spacial score (nSPS) is 10.7. The highest BCUT2D eigenvalue weighted by Gasteiger charge is 2.06. The van der Waals surface area contributed by atoms with Crippen LogP contribution >= 0.6 is 0 Å². The van der Waals surface area contributed by atoms with E-state index in [1.54, 1.807) is 28.4 Å². The molecule has 0 unspecified atom stereocenters. The van der Waals surface area contributed by atoms with Crippen molar-refractivity contribution in [1.82, 2.24) is 0 Å². The van der Waals surface area contributed by atoms with Crippen molar-refractivity contribution in [2.24, 2.45) is 0 Å². The first kappa shape index (κ1) is 25.2. The molecule has 0 aliphatic heterocycles. The summed E-state index contributed by atoms with van der Waals surface area (Å²) < 4.78 is 21.6. The maximum absolute atomic E-state index is 5.39. The molecule has 0 saturated carbocycles. The Balaban J connectivity index is 1.35. The average molecular weight is 483 g/mol.